The molecule has 0 heterocycles. The quantitative estimate of drug-likeness (QED) is 0.916. The van der Waals surface area contributed by atoms with Gasteiger partial charge in [-0.15, -0.1) is 0 Å². The fourth-order valence-electron chi connectivity index (χ4n) is 2.28. The highest BCUT2D eigenvalue weighted by Gasteiger charge is 2.16. The molecule has 0 radical (unpaired) electrons. The molecule has 100 valence electrons. The van der Waals surface area contributed by atoms with Crippen LogP contribution in [-0.4, -0.2) is 12.2 Å². The van der Waals surface area contributed by atoms with Crippen molar-refractivity contribution in [3.63, 3.8) is 0 Å². The maximum atomic E-state index is 10.5. The fourth-order valence-corrected chi connectivity index (χ4v) is 2.54. The number of ether oxygens (including phenoxy) is 1. The summed E-state index contributed by atoms with van der Waals surface area (Å²) >= 11 is 6.10. The van der Waals surface area contributed by atoms with Crippen LogP contribution in [0.25, 0.3) is 0 Å². The minimum atomic E-state index is -0.676. The summed E-state index contributed by atoms with van der Waals surface area (Å²) in [6, 6.07) is 11.3. The van der Waals surface area contributed by atoms with Gasteiger partial charge < -0.3 is 9.84 Å². The van der Waals surface area contributed by atoms with Gasteiger partial charge in [-0.3, -0.25) is 0 Å². The number of methoxy groups -OCH3 is 1. The Morgan fingerprint density at radius 1 is 1.11 bits per heavy atom. The number of halogens is 1. The highest BCUT2D eigenvalue weighted by Crippen LogP contribution is 2.32. The van der Waals surface area contributed by atoms with Crippen LogP contribution in [0.3, 0.4) is 0 Å². The van der Waals surface area contributed by atoms with Crippen molar-refractivity contribution in [2.75, 3.05) is 7.11 Å². The van der Waals surface area contributed by atoms with Gasteiger partial charge in [0, 0.05) is 0 Å². The van der Waals surface area contributed by atoms with Gasteiger partial charge in [0.25, 0.3) is 0 Å². The molecular weight excluding hydrogens is 260 g/mol. The van der Waals surface area contributed by atoms with Crippen LogP contribution in [0.1, 0.15) is 28.4 Å². The highest BCUT2D eigenvalue weighted by atomic mass is 35.5. The van der Waals surface area contributed by atoms with Crippen molar-refractivity contribution in [1.82, 2.24) is 0 Å². The topological polar surface area (TPSA) is 29.5 Å². The molecule has 0 aliphatic heterocycles. The zero-order valence-electron chi connectivity index (χ0n) is 11.3. The first kappa shape index (κ1) is 13.9. The van der Waals surface area contributed by atoms with Crippen molar-refractivity contribution in [2.24, 2.45) is 0 Å². The monoisotopic (exact) mass is 276 g/mol. The summed E-state index contributed by atoms with van der Waals surface area (Å²) in [5.41, 5.74) is 3.84. The molecule has 19 heavy (non-hydrogen) atoms. The third-order valence-corrected chi connectivity index (χ3v) is 3.60. The maximum Gasteiger partial charge on any atom is 0.137 e. The van der Waals surface area contributed by atoms with E-state index in [9.17, 15) is 5.11 Å². The Balaban J connectivity index is 2.44. The van der Waals surface area contributed by atoms with E-state index in [2.05, 4.69) is 0 Å². The second kappa shape index (κ2) is 5.64. The zero-order chi connectivity index (χ0) is 14.0. The van der Waals surface area contributed by atoms with E-state index >= 15 is 0 Å². The normalized spacial score (nSPS) is 12.3. The van der Waals surface area contributed by atoms with Gasteiger partial charge in [0.05, 0.1) is 12.1 Å². The van der Waals surface area contributed by atoms with E-state index in [0.29, 0.717) is 10.8 Å². The minimum absolute atomic E-state index is 0.505. The average Bonchev–Trinajstić information content (AvgIpc) is 2.38. The van der Waals surface area contributed by atoms with E-state index < -0.39 is 6.10 Å². The lowest BCUT2D eigenvalue weighted by atomic mass is 9.93. The summed E-state index contributed by atoms with van der Waals surface area (Å²) in [6.45, 7) is 3.99. The zero-order valence-corrected chi connectivity index (χ0v) is 12.0. The largest absolute Gasteiger partial charge is 0.495 e. The molecular formula is C16H17ClO2. The molecule has 0 fully saturated rings. The molecule has 3 heteroatoms. The summed E-state index contributed by atoms with van der Waals surface area (Å²) in [6.07, 6.45) is -0.676. The number of aryl methyl sites for hydroxylation is 2. The summed E-state index contributed by atoms with van der Waals surface area (Å²) < 4.78 is 5.12. The van der Waals surface area contributed by atoms with E-state index in [1.807, 2.05) is 38.1 Å². The van der Waals surface area contributed by atoms with Crippen molar-refractivity contribution in [3.8, 4) is 5.75 Å². The number of rotatable bonds is 3. The van der Waals surface area contributed by atoms with Crippen LogP contribution < -0.4 is 4.74 Å². The number of benzene rings is 2. The van der Waals surface area contributed by atoms with Gasteiger partial charge in [-0.2, -0.15) is 0 Å². The first-order valence-electron chi connectivity index (χ1n) is 6.12. The Morgan fingerprint density at radius 2 is 1.74 bits per heavy atom. The molecule has 2 aromatic rings. The van der Waals surface area contributed by atoms with Gasteiger partial charge in [0.2, 0.25) is 0 Å². The lowest BCUT2D eigenvalue weighted by molar-refractivity contribution is 0.218. The van der Waals surface area contributed by atoms with Crippen LogP contribution in [-0.2, 0) is 0 Å². The van der Waals surface area contributed by atoms with Crippen molar-refractivity contribution in [2.45, 2.75) is 20.0 Å². The van der Waals surface area contributed by atoms with Crippen LogP contribution in [0.15, 0.2) is 36.4 Å². The van der Waals surface area contributed by atoms with E-state index in [0.717, 1.165) is 22.3 Å². The van der Waals surface area contributed by atoms with Gasteiger partial charge in [-0.25, -0.2) is 0 Å². The third-order valence-electron chi connectivity index (χ3n) is 3.31. The second-order valence-corrected chi connectivity index (χ2v) is 5.01. The first-order chi connectivity index (χ1) is 9.04. The molecule has 1 atom stereocenters. The third kappa shape index (κ3) is 2.75. The molecule has 0 saturated carbocycles. The smallest absolute Gasteiger partial charge is 0.137 e. The van der Waals surface area contributed by atoms with Crippen LogP contribution in [0.5, 0.6) is 5.75 Å². The molecule has 2 rings (SSSR count). The van der Waals surface area contributed by atoms with Crippen molar-refractivity contribution < 1.29 is 9.84 Å². The highest BCUT2D eigenvalue weighted by molar-refractivity contribution is 6.32. The van der Waals surface area contributed by atoms with E-state index in [1.165, 1.54) is 0 Å². The number of aliphatic hydroxyl groups is 1. The molecule has 1 N–H and O–H groups in total. The molecule has 0 aromatic heterocycles. The SMILES string of the molecule is COc1ccc(C(O)c2c(C)cccc2C)cc1Cl. The molecule has 2 aromatic carbocycles. The van der Waals surface area contributed by atoms with Crippen LogP contribution in [0.2, 0.25) is 5.02 Å². The van der Waals surface area contributed by atoms with Gasteiger partial charge >= 0.3 is 0 Å². The number of aliphatic hydroxyl groups excluding tert-OH is 1. The van der Waals surface area contributed by atoms with Crippen LogP contribution in [0, 0.1) is 13.8 Å². The first-order valence-corrected chi connectivity index (χ1v) is 6.50. The lowest BCUT2D eigenvalue weighted by Gasteiger charge is -2.17. The fraction of sp³-hybridized carbons (Fsp3) is 0.250. The summed E-state index contributed by atoms with van der Waals surface area (Å²) in [5.74, 6) is 0.610. The molecule has 0 bridgehead atoms. The van der Waals surface area contributed by atoms with Gasteiger partial charge in [-0.05, 0) is 48.2 Å². The van der Waals surface area contributed by atoms with E-state index in [1.54, 1.807) is 19.2 Å². The van der Waals surface area contributed by atoms with Crippen molar-refractivity contribution in [3.05, 3.63) is 63.7 Å². The summed E-state index contributed by atoms with van der Waals surface area (Å²) in [7, 11) is 1.57. The Kier molecular flexibility index (Phi) is 4.13. The minimum Gasteiger partial charge on any atom is -0.495 e. The Hall–Kier alpha value is -1.51. The molecule has 0 aliphatic rings. The molecule has 0 amide bonds. The molecule has 0 spiro atoms. The van der Waals surface area contributed by atoms with Crippen LogP contribution >= 0.6 is 11.6 Å². The predicted octanol–water partition coefficient (Wildman–Crippen LogP) is 4.05. The summed E-state index contributed by atoms with van der Waals surface area (Å²) in [5, 5.41) is 11.0. The Labute approximate surface area is 118 Å². The Bertz CT molecular complexity index is 573. The number of hydrogen-bond acceptors (Lipinski definition) is 2. The van der Waals surface area contributed by atoms with Crippen LogP contribution in [0.4, 0.5) is 0 Å². The predicted molar refractivity (Wildman–Crippen MR) is 78.0 cm³/mol. The van der Waals surface area contributed by atoms with Gasteiger partial charge in [0.15, 0.2) is 0 Å². The second-order valence-electron chi connectivity index (χ2n) is 4.60. The number of hydrogen-bond donors (Lipinski definition) is 1. The van der Waals surface area contributed by atoms with Crippen molar-refractivity contribution in [1.29, 1.82) is 0 Å². The lowest BCUT2D eigenvalue weighted by Crippen LogP contribution is -2.04. The standard InChI is InChI=1S/C16H17ClO2/c1-10-5-4-6-11(2)15(10)16(18)12-7-8-14(19-3)13(17)9-12/h4-9,16,18H,1-3H3. The van der Waals surface area contributed by atoms with Gasteiger partial charge in [0.1, 0.15) is 11.9 Å². The molecule has 0 aliphatic carbocycles. The van der Waals surface area contributed by atoms with Crippen molar-refractivity contribution >= 4 is 11.6 Å². The molecule has 1 unspecified atom stereocenters. The van der Waals surface area contributed by atoms with Gasteiger partial charge in [-0.1, -0.05) is 35.9 Å². The average molecular weight is 277 g/mol. The van der Waals surface area contributed by atoms with E-state index in [4.69, 9.17) is 16.3 Å². The molecule has 2 nitrogen and oxygen atoms in total. The Morgan fingerprint density at radius 3 is 2.26 bits per heavy atom. The van der Waals surface area contributed by atoms with E-state index in [-0.39, 0.29) is 0 Å². The maximum absolute atomic E-state index is 10.5. The molecule has 0 saturated heterocycles. The summed E-state index contributed by atoms with van der Waals surface area (Å²) in [4.78, 5) is 0.